The summed E-state index contributed by atoms with van der Waals surface area (Å²) in [6.45, 7) is 0. The van der Waals surface area contributed by atoms with Gasteiger partial charge in [0.25, 0.3) is 11.6 Å². The number of carbonyl (C=O) groups is 1. The molecule has 0 saturated heterocycles. The lowest BCUT2D eigenvalue weighted by molar-refractivity contribution is -0.384. The molecule has 2 aliphatic rings. The van der Waals surface area contributed by atoms with Crippen LogP contribution in [0.3, 0.4) is 0 Å². The first kappa shape index (κ1) is 21.5. The zero-order valence-electron chi connectivity index (χ0n) is 17.3. The van der Waals surface area contributed by atoms with Gasteiger partial charge in [-0.25, -0.2) is 0 Å². The van der Waals surface area contributed by atoms with E-state index in [2.05, 4.69) is 22.8 Å². The molecular formula is C25H19Cl2N3O3. The summed E-state index contributed by atoms with van der Waals surface area (Å²) >= 11 is 12.1. The number of benzene rings is 3. The van der Waals surface area contributed by atoms with Crippen LogP contribution in [0.15, 0.2) is 72.8 Å². The van der Waals surface area contributed by atoms with Gasteiger partial charge < -0.3 is 10.6 Å². The monoisotopic (exact) mass is 479 g/mol. The molecule has 2 N–H and O–H groups in total. The number of halogens is 2. The van der Waals surface area contributed by atoms with Gasteiger partial charge >= 0.3 is 0 Å². The molecule has 166 valence electrons. The van der Waals surface area contributed by atoms with Gasteiger partial charge in [0, 0.05) is 34.4 Å². The molecule has 0 spiro atoms. The van der Waals surface area contributed by atoms with Crippen LogP contribution in [0.25, 0.3) is 0 Å². The molecule has 33 heavy (non-hydrogen) atoms. The number of anilines is 2. The first-order valence-electron chi connectivity index (χ1n) is 10.5. The zero-order chi connectivity index (χ0) is 23.1. The molecule has 0 aromatic heterocycles. The highest BCUT2D eigenvalue weighted by molar-refractivity contribution is 6.37. The summed E-state index contributed by atoms with van der Waals surface area (Å²) in [6.07, 6.45) is 5.27. The summed E-state index contributed by atoms with van der Waals surface area (Å²) < 4.78 is 0. The number of nitro benzene ring substituents is 1. The Morgan fingerprint density at radius 2 is 1.85 bits per heavy atom. The highest BCUT2D eigenvalue weighted by Gasteiger charge is 2.38. The molecule has 1 heterocycles. The first-order chi connectivity index (χ1) is 15.9. The van der Waals surface area contributed by atoms with Crippen molar-refractivity contribution in [3.8, 4) is 0 Å². The standard InChI is InChI=1S/C25H19Cl2N3O3/c26-15-6-10-20(22(27)12-15)25(31)28-16-7-11-23-21(13-16)18-2-1-3-19(18)24(29-23)14-4-8-17(9-5-14)30(32)33/h1-2,4-13,18-19,24,29H,3H2,(H,28,31)/t18-,19-,24+/m0/s1. The van der Waals surface area contributed by atoms with Crippen molar-refractivity contribution >= 4 is 46.2 Å². The number of nitrogens with zero attached hydrogens (tertiary/aromatic N) is 1. The average molecular weight is 480 g/mol. The van der Waals surface area contributed by atoms with Gasteiger partial charge in [0.15, 0.2) is 0 Å². The number of fused-ring (bicyclic) bond motifs is 3. The topological polar surface area (TPSA) is 84.3 Å². The second-order valence-corrected chi connectivity index (χ2v) is 9.05. The smallest absolute Gasteiger partial charge is 0.269 e. The minimum Gasteiger partial charge on any atom is -0.378 e. The summed E-state index contributed by atoms with van der Waals surface area (Å²) in [4.78, 5) is 23.4. The van der Waals surface area contributed by atoms with Gasteiger partial charge in [0.2, 0.25) is 0 Å². The number of carbonyl (C=O) groups excluding carboxylic acids is 1. The number of nitro groups is 1. The molecule has 6 nitrogen and oxygen atoms in total. The number of allylic oxidation sites excluding steroid dienone is 2. The minimum absolute atomic E-state index is 0.0339. The fourth-order valence-electron chi connectivity index (χ4n) is 4.68. The van der Waals surface area contributed by atoms with Gasteiger partial charge in [0.1, 0.15) is 0 Å². The molecule has 0 bridgehead atoms. The largest absolute Gasteiger partial charge is 0.378 e. The molecule has 1 amide bonds. The number of nitrogens with one attached hydrogen (secondary N) is 2. The second kappa shape index (κ2) is 8.54. The maximum absolute atomic E-state index is 12.7. The minimum atomic E-state index is -0.389. The Morgan fingerprint density at radius 1 is 1.06 bits per heavy atom. The van der Waals surface area contributed by atoms with Gasteiger partial charge in [-0.2, -0.15) is 0 Å². The molecule has 1 aliphatic carbocycles. The van der Waals surface area contributed by atoms with Crippen LogP contribution in [0, 0.1) is 16.0 Å². The summed E-state index contributed by atoms with van der Waals surface area (Å²) in [5, 5.41) is 18.3. The van der Waals surface area contributed by atoms with Crippen LogP contribution in [-0.4, -0.2) is 10.8 Å². The Bertz CT molecular complexity index is 1290. The number of amides is 1. The Kier molecular flexibility index (Phi) is 5.56. The molecular weight excluding hydrogens is 461 g/mol. The number of rotatable bonds is 4. The molecule has 1 aliphatic heterocycles. The van der Waals surface area contributed by atoms with E-state index in [0.717, 1.165) is 23.2 Å². The first-order valence-corrected chi connectivity index (χ1v) is 11.2. The number of hydrogen-bond donors (Lipinski definition) is 2. The van der Waals surface area contributed by atoms with Crippen molar-refractivity contribution in [3.63, 3.8) is 0 Å². The second-order valence-electron chi connectivity index (χ2n) is 8.20. The molecule has 0 fully saturated rings. The average Bonchev–Trinajstić information content (AvgIpc) is 3.29. The van der Waals surface area contributed by atoms with Gasteiger partial charge in [-0.3, -0.25) is 14.9 Å². The van der Waals surface area contributed by atoms with E-state index in [0.29, 0.717) is 21.3 Å². The normalized spacial score (nSPS) is 20.5. The van der Waals surface area contributed by atoms with Gasteiger partial charge in [-0.1, -0.05) is 47.5 Å². The van der Waals surface area contributed by atoms with Crippen LogP contribution in [0.4, 0.5) is 17.1 Å². The lowest BCUT2D eigenvalue weighted by Crippen LogP contribution is -2.29. The molecule has 3 atom stereocenters. The quantitative estimate of drug-likeness (QED) is 0.240. The van der Waals surface area contributed by atoms with Crippen LogP contribution in [0.2, 0.25) is 10.0 Å². The van der Waals surface area contributed by atoms with E-state index in [1.807, 2.05) is 30.3 Å². The summed E-state index contributed by atoms with van der Waals surface area (Å²) in [5.74, 6) is 0.149. The van der Waals surface area contributed by atoms with Crippen molar-refractivity contribution in [1.82, 2.24) is 0 Å². The van der Waals surface area contributed by atoms with E-state index in [4.69, 9.17) is 23.2 Å². The predicted octanol–water partition coefficient (Wildman–Crippen LogP) is 6.98. The molecule has 8 heteroatoms. The van der Waals surface area contributed by atoms with Crippen molar-refractivity contribution in [3.05, 3.63) is 110 Å². The van der Waals surface area contributed by atoms with Crippen LogP contribution < -0.4 is 10.6 Å². The van der Waals surface area contributed by atoms with Crippen molar-refractivity contribution in [2.75, 3.05) is 10.6 Å². The third-order valence-electron chi connectivity index (χ3n) is 6.26. The third-order valence-corrected chi connectivity index (χ3v) is 6.81. The SMILES string of the molecule is O=C(Nc1ccc2c(c1)[C@H]1C=CC[C@@H]1[C@@H](c1ccc([N+](=O)[O-])cc1)N2)c1ccc(Cl)cc1Cl. The van der Waals surface area contributed by atoms with E-state index in [9.17, 15) is 14.9 Å². The fourth-order valence-corrected chi connectivity index (χ4v) is 5.17. The van der Waals surface area contributed by atoms with E-state index in [1.165, 1.54) is 0 Å². The van der Waals surface area contributed by atoms with Gasteiger partial charge in [0.05, 0.1) is 21.6 Å². The Labute approximate surface area is 200 Å². The molecule has 5 rings (SSSR count). The summed E-state index contributed by atoms with van der Waals surface area (Å²) in [5.41, 5.74) is 4.21. The Balaban J connectivity index is 1.41. The van der Waals surface area contributed by atoms with Crippen LogP contribution in [0.1, 0.15) is 39.9 Å². The lowest BCUT2D eigenvalue weighted by atomic mass is 9.77. The van der Waals surface area contributed by atoms with Crippen molar-refractivity contribution in [1.29, 1.82) is 0 Å². The molecule has 0 unspecified atom stereocenters. The van der Waals surface area contributed by atoms with E-state index in [1.54, 1.807) is 30.3 Å². The molecule has 3 aromatic carbocycles. The van der Waals surface area contributed by atoms with E-state index >= 15 is 0 Å². The third kappa shape index (κ3) is 4.08. The van der Waals surface area contributed by atoms with Crippen LogP contribution >= 0.6 is 23.2 Å². The highest BCUT2D eigenvalue weighted by atomic mass is 35.5. The Morgan fingerprint density at radius 3 is 2.58 bits per heavy atom. The zero-order valence-corrected chi connectivity index (χ0v) is 18.8. The van der Waals surface area contributed by atoms with Crippen molar-refractivity contribution in [2.45, 2.75) is 18.4 Å². The number of hydrogen-bond acceptors (Lipinski definition) is 4. The maximum Gasteiger partial charge on any atom is 0.269 e. The summed E-state index contributed by atoms with van der Waals surface area (Å²) in [7, 11) is 0. The summed E-state index contributed by atoms with van der Waals surface area (Å²) in [6, 6.07) is 17.3. The van der Waals surface area contributed by atoms with Crippen LogP contribution in [-0.2, 0) is 0 Å². The van der Waals surface area contributed by atoms with E-state index < -0.39 is 0 Å². The Hall–Kier alpha value is -3.35. The van der Waals surface area contributed by atoms with Gasteiger partial charge in [-0.05, 0) is 59.9 Å². The van der Waals surface area contributed by atoms with Crippen molar-refractivity contribution in [2.24, 2.45) is 5.92 Å². The predicted molar refractivity (Wildman–Crippen MR) is 130 cm³/mol. The molecule has 3 aromatic rings. The highest BCUT2D eigenvalue weighted by Crippen LogP contribution is 2.50. The molecule has 0 radical (unpaired) electrons. The van der Waals surface area contributed by atoms with Gasteiger partial charge in [-0.15, -0.1) is 0 Å². The maximum atomic E-state index is 12.7. The van der Waals surface area contributed by atoms with Crippen LogP contribution in [0.5, 0.6) is 0 Å². The number of non-ortho nitro benzene ring substituents is 1. The lowest BCUT2D eigenvalue weighted by Gasteiger charge is -2.37. The van der Waals surface area contributed by atoms with Crippen molar-refractivity contribution < 1.29 is 9.72 Å². The fraction of sp³-hybridized carbons (Fsp3) is 0.160. The van der Waals surface area contributed by atoms with E-state index in [-0.39, 0.29) is 34.4 Å². The molecule has 0 saturated carbocycles.